The summed E-state index contributed by atoms with van der Waals surface area (Å²) < 4.78 is 27.8. The molecular weight excluding hydrogens is 458 g/mol. The molecule has 1 amide bonds. The van der Waals surface area contributed by atoms with E-state index in [0.717, 1.165) is 37.5 Å². The van der Waals surface area contributed by atoms with Crippen LogP contribution in [-0.4, -0.2) is 88.5 Å². The highest BCUT2D eigenvalue weighted by Crippen LogP contribution is 2.36. The van der Waals surface area contributed by atoms with Gasteiger partial charge < -0.3 is 10.4 Å². The van der Waals surface area contributed by atoms with Crippen molar-refractivity contribution in [1.82, 2.24) is 23.7 Å². The number of carbonyl (C=O) groups excluding carboxylic acids is 1. The number of sulfonamides is 1. The van der Waals surface area contributed by atoms with Gasteiger partial charge >= 0.3 is 0 Å². The smallest absolute Gasteiger partial charge is 0.278 e. The highest BCUT2D eigenvalue weighted by atomic mass is 32.2. The van der Waals surface area contributed by atoms with Gasteiger partial charge in [-0.25, -0.2) is 17.4 Å². The first kappa shape index (κ1) is 24.9. The minimum atomic E-state index is -3.34. The number of aliphatic hydroxyl groups excluding tert-OH is 1. The van der Waals surface area contributed by atoms with Gasteiger partial charge in [0.05, 0.1) is 17.9 Å². The summed E-state index contributed by atoms with van der Waals surface area (Å²) in [7, 11) is -1.88. The van der Waals surface area contributed by atoms with E-state index >= 15 is 0 Å². The largest absolute Gasteiger partial charge is 0.390 e. The monoisotopic (exact) mass is 493 g/mol. The molecule has 11 heteroatoms. The molecule has 2 aliphatic rings. The molecule has 2 N–H and O–H groups in total. The molecule has 4 heterocycles. The number of nitrogens with zero attached hydrogens (tertiary/aromatic N) is 4. The maximum absolute atomic E-state index is 13.1. The van der Waals surface area contributed by atoms with E-state index in [1.165, 1.54) is 11.4 Å². The third-order valence-corrected chi connectivity index (χ3v) is 8.41. The van der Waals surface area contributed by atoms with Gasteiger partial charge in [-0.3, -0.25) is 19.0 Å². The van der Waals surface area contributed by atoms with Gasteiger partial charge in [0, 0.05) is 50.5 Å². The van der Waals surface area contributed by atoms with Crippen molar-refractivity contribution < 1.29 is 18.3 Å². The number of piperidine rings is 1. The molecule has 2 aromatic heterocycles. The maximum atomic E-state index is 13.1. The first-order valence-electron chi connectivity index (χ1n) is 11.8. The minimum absolute atomic E-state index is 0.0491. The lowest BCUT2D eigenvalue weighted by Gasteiger charge is -2.40. The highest BCUT2D eigenvalue weighted by molar-refractivity contribution is 7.88. The summed E-state index contributed by atoms with van der Waals surface area (Å²) in [5.74, 6) is -0.351. The molecule has 2 aliphatic heterocycles. The van der Waals surface area contributed by atoms with Crippen LogP contribution in [-0.2, 0) is 10.0 Å². The summed E-state index contributed by atoms with van der Waals surface area (Å²) in [5.41, 5.74) is 0.630. The number of hydrogen-bond donors (Lipinski definition) is 2. The van der Waals surface area contributed by atoms with Gasteiger partial charge in [-0.05, 0) is 57.7 Å². The van der Waals surface area contributed by atoms with Gasteiger partial charge in [-0.1, -0.05) is 0 Å². The minimum Gasteiger partial charge on any atom is -0.390 e. The molecule has 0 radical (unpaired) electrons. The van der Waals surface area contributed by atoms with Crippen LogP contribution in [0.5, 0.6) is 0 Å². The fourth-order valence-corrected chi connectivity index (χ4v) is 5.90. The molecule has 2 saturated heterocycles. The molecule has 0 saturated carbocycles. The van der Waals surface area contributed by atoms with Crippen LogP contribution < -0.4 is 10.9 Å². The molecule has 2 bridgehead atoms. The maximum Gasteiger partial charge on any atom is 0.278 e. The Bertz CT molecular complexity index is 1210. The zero-order valence-electron chi connectivity index (χ0n) is 20.2. The van der Waals surface area contributed by atoms with E-state index in [2.05, 4.69) is 10.2 Å². The third kappa shape index (κ3) is 4.93. The fraction of sp³-hybridized carbons (Fsp3) is 0.652. The van der Waals surface area contributed by atoms with E-state index < -0.39 is 16.1 Å². The van der Waals surface area contributed by atoms with E-state index in [4.69, 9.17) is 0 Å². The highest BCUT2D eigenvalue weighted by Gasteiger charge is 2.42. The van der Waals surface area contributed by atoms with Crippen LogP contribution in [0.15, 0.2) is 29.2 Å². The van der Waals surface area contributed by atoms with Crippen molar-refractivity contribution in [3.8, 4) is 0 Å². The number of likely N-dealkylation sites (N-methyl/N-ethyl adjacent to an activating group) is 1. The molecule has 34 heavy (non-hydrogen) atoms. The quantitative estimate of drug-likeness (QED) is 0.558. The third-order valence-electron chi connectivity index (χ3n) is 7.13. The zero-order chi connectivity index (χ0) is 24.8. The molecule has 10 nitrogen and oxygen atoms in total. The predicted molar refractivity (Wildman–Crippen MR) is 130 cm³/mol. The Labute approximate surface area is 200 Å². The van der Waals surface area contributed by atoms with Crippen molar-refractivity contribution in [2.24, 2.45) is 0 Å². The van der Waals surface area contributed by atoms with E-state index in [9.17, 15) is 23.1 Å². The summed E-state index contributed by atoms with van der Waals surface area (Å²) in [6, 6.07) is 5.65. The molecule has 2 aromatic rings. The van der Waals surface area contributed by atoms with Gasteiger partial charge in [0.15, 0.2) is 0 Å². The summed E-state index contributed by atoms with van der Waals surface area (Å²) in [4.78, 5) is 28.5. The Hall–Kier alpha value is -2.21. The molecule has 0 aromatic carbocycles. The molecule has 3 unspecified atom stereocenters. The molecule has 3 atom stereocenters. The molecular formula is C23H35N5O5S. The average Bonchev–Trinajstić information content (AvgIpc) is 3.27. The normalized spacial score (nSPS) is 24.3. The second-order valence-corrected chi connectivity index (χ2v) is 12.1. The second-order valence-electron chi connectivity index (χ2n) is 10.0. The molecule has 2 fully saturated rings. The van der Waals surface area contributed by atoms with Gasteiger partial charge in [0.1, 0.15) is 5.56 Å². The number of carbonyl (C=O) groups is 1. The van der Waals surface area contributed by atoms with Crippen LogP contribution in [0.2, 0.25) is 0 Å². The Morgan fingerprint density at radius 2 is 1.91 bits per heavy atom. The predicted octanol–water partition coefficient (Wildman–Crippen LogP) is 0.659. The molecule has 0 aliphatic carbocycles. The number of fused-ring (bicyclic) bond motifs is 3. The van der Waals surface area contributed by atoms with Crippen molar-refractivity contribution in [3.05, 3.63) is 40.3 Å². The molecule has 0 spiro atoms. The van der Waals surface area contributed by atoms with Gasteiger partial charge in [-0.15, -0.1) is 0 Å². The van der Waals surface area contributed by atoms with E-state index in [-0.39, 0.29) is 47.7 Å². The van der Waals surface area contributed by atoms with Gasteiger partial charge in [0.25, 0.3) is 11.5 Å². The van der Waals surface area contributed by atoms with Crippen molar-refractivity contribution >= 4 is 21.4 Å². The first-order valence-corrected chi connectivity index (χ1v) is 13.7. The lowest BCUT2D eigenvalue weighted by atomic mass is 9.96. The van der Waals surface area contributed by atoms with E-state index in [1.807, 2.05) is 32.2 Å². The van der Waals surface area contributed by atoms with Crippen LogP contribution >= 0.6 is 0 Å². The van der Waals surface area contributed by atoms with Crippen LogP contribution in [0.25, 0.3) is 5.52 Å². The number of aliphatic hydroxyl groups is 1. The number of amides is 1. The number of nitrogens with one attached hydrogen (secondary N) is 1. The summed E-state index contributed by atoms with van der Waals surface area (Å²) in [6.45, 7) is 4.29. The van der Waals surface area contributed by atoms with Crippen molar-refractivity contribution in [1.29, 1.82) is 0 Å². The lowest BCUT2D eigenvalue weighted by Crippen LogP contribution is -2.53. The SMILES string of the molecule is CC(C)n1c(=O)c(C(=O)NC2CC3CCC(C2)N3CC(O)CN(C)S(C)(=O)=O)cc2cccn21. The standard InChI is InChI=1S/C23H35N5O5S/c1-15(2)28-23(31)21(12-19-6-5-9-27(19)28)22(30)24-16-10-17-7-8-18(11-16)26(17)14-20(29)13-25(3)34(4,32)33/h5-6,9,12,15-18,20,29H,7-8,10-11,13-14H2,1-4H3,(H,24,30). The molecule has 4 rings (SSSR count). The van der Waals surface area contributed by atoms with Crippen molar-refractivity contribution in [2.45, 2.75) is 69.8 Å². The zero-order valence-corrected chi connectivity index (χ0v) is 21.0. The lowest BCUT2D eigenvalue weighted by molar-refractivity contribution is 0.0448. The van der Waals surface area contributed by atoms with Crippen LogP contribution in [0.1, 0.15) is 55.9 Å². The van der Waals surface area contributed by atoms with Crippen LogP contribution in [0.4, 0.5) is 0 Å². The summed E-state index contributed by atoms with van der Waals surface area (Å²) in [6.07, 6.45) is 5.59. The number of aromatic nitrogens is 2. The molecule has 188 valence electrons. The first-order chi connectivity index (χ1) is 16.0. The Balaban J connectivity index is 1.42. The average molecular weight is 494 g/mol. The van der Waals surface area contributed by atoms with Crippen molar-refractivity contribution in [2.75, 3.05) is 26.4 Å². The fourth-order valence-electron chi connectivity index (χ4n) is 5.46. The summed E-state index contributed by atoms with van der Waals surface area (Å²) in [5, 5.41) is 13.6. The van der Waals surface area contributed by atoms with Crippen molar-refractivity contribution in [3.63, 3.8) is 0 Å². The van der Waals surface area contributed by atoms with E-state index in [1.54, 1.807) is 15.3 Å². The van der Waals surface area contributed by atoms with Crippen LogP contribution in [0, 0.1) is 0 Å². The van der Waals surface area contributed by atoms with E-state index in [0.29, 0.717) is 6.54 Å². The van der Waals surface area contributed by atoms with Gasteiger partial charge in [-0.2, -0.15) is 0 Å². The van der Waals surface area contributed by atoms with Crippen LogP contribution in [0.3, 0.4) is 0 Å². The van der Waals surface area contributed by atoms with Gasteiger partial charge in [0.2, 0.25) is 10.0 Å². The second kappa shape index (κ2) is 9.44. The Kier molecular flexibility index (Phi) is 6.92. The Morgan fingerprint density at radius 1 is 1.26 bits per heavy atom. The number of hydrogen-bond acceptors (Lipinski definition) is 6. The Morgan fingerprint density at radius 3 is 2.50 bits per heavy atom. The summed E-state index contributed by atoms with van der Waals surface area (Å²) >= 11 is 0. The number of rotatable bonds is 8. The topological polar surface area (TPSA) is 116 Å².